The van der Waals surface area contributed by atoms with Crippen LogP contribution in [0.25, 0.3) is 0 Å². The maximum Gasteiger partial charge on any atom is 0.267 e. The third kappa shape index (κ3) is 18.3. The van der Waals surface area contributed by atoms with Gasteiger partial charge in [-0.3, -0.25) is 4.18 Å². The SMILES string of the molecule is CCCCCCCCCCCCCCCCCCCS(=O)(=O)OC. The summed E-state index contributed by atoms with van der Waals surface area (Å²) in [5, 5.41) is 0. The van der Waals surface area contributed by atoms with Crippen LogP contribution >= 0.6 is 0 Å². The van der Waals surface area contributed by atoms with E-state index < -0.39 is 10.1 Å². The van der Waals surface area contributed by atoms with Gasteiger partial charge >= 0.3 is 0 Å². The Hall–Kier alpha value is -0.0900. The minimum atomic E-state index is -3.24. The van der Waals surface area contributed by atoms with Crippen molar-refractivity contribution >= 4 is 10.1 Å². The topological polar surface area (TPSA) is 43.4 Å². The lowest BCUT2D eigenvalue weighted by Crippen LogP contribution is -2.07. The summed E-state index contributed by atoms with van der Waals surface area (Å²) in [6.07, 6.45) is 22.3. The maximum atomic E-state index is 11.1. The standard InChI is InChI=1S/C20H42O3S/c1-3-4-5-6-7-8-9-10-11-12-13-14-15-16-17-18-19-20-24(21,22)23-2/h3-20H2,1-2H3. The van der Waals surface area contributed by atoms with Gasteiger partial charge in [-0.05, 0) is 6.42 Å². The van der Waals surface area contributed by atoms with E-state index in [0.717, 1.165) is 19.3 Å². The molecule has 0 saturated heterocycles. The Morgan fingerprint density at radius 2 is 0.833 bits per heavy atom. The van der Waals surface area contributed by atoms with E-state index >= 15 is 0 Å². The van der Waals surface area contributed by atoms with Crippen LogP contribution in [0.2, 0.25) is 0 Å². The van der Waals surface area contributed by atoms with Crippen LogP contribution in [0.5, 0.6) is 0 Å². The van der Waals surface area contributed by atoms with Crippen LogP contribution in [0, 0.1) is 0 Å². The molecule has 0 bridgehead atoms. The lowest BCUT2D eigenvalue weighted by atomic mass is 10.0. The van der Waals surface area contributed by atoms with Crippen LogP contribution in [0.15, 0.2) is 0 Å². The molecule has 0 radical (unpaired) electrons. The van der Waals surface area contributed by atoms with Gasteiger partial charge in [-0.15, -0.1) is 0 Å². The number of rotatable bonds is 19. The largest absolute Gasteiger partial charge is 0.273 e. The van der Waals surface area contributed by atoms with Crippen molar-refractivity contribution in [3.8, 4) is 0 Å². The highest BCUT2D eigenvalue weighted by molar-refractivity contribution is 7.86. The van der Waals surface area contributed by atoms with E-state index in [2.05, 4.69) is 11.1 Å². The van der Waals surface area contributed by atoms with E-state index in [0.29, 0.717) is 0 Å². The molecule has 0 amide bonds. The molecule has 0 heterocycles. The lowest BCUT2D eigenvalue weighted by Gasteiger charge is -2.04. The Bertz CT molecular complexity index is 339. The Balaban J connectivity index is 3.08. The molecule has 4 heteroatoms. The second-order valence-electron chi connectivity index (χ2n) is 7.09. The van der Waals surface area contributed by atoms with Crippen LogP contribution in [-0.4, -0.2) is 21.3 Å². The van der Waals surface area contributed by atoms with Crippen LogP contribution in [0.1, 0.15) is 116 Å². The van der Waals surface area contributed by atoms with Gasteiger partial charge in [0.1, 0.15) is 0 Å². The quantitative estimate of drug-likeness (QED) is 0.192. The molecule has 0 N–H and O–H groups in total. The summed E-state index contributed by atoms with van der Waals surface area (Å²) in [7, 11) is -2.00. The van der Waals surface area contributed by atoms with Gasteiger partial charge in [-0.25, -0.2) is 0 Å². The van der Waals surface area contributed by atoms with Crippen molar-refractivity contribution in [3.05, 3.63) is 0 Å². The van der Waals surface area contributed by atoms with Crippen LogP contribution in [0.3, 0.4) is 0 Å². The lowest BCUT2D eigenvalue weighted by molar-refractivity contribution is 0.396. The minimum Gasteiger partial charge on any atom is -0.273 e. The van der Waals surface area contributed by atoms with Crippen LogP contribution < -0.4 is 0 Å². The number of hydrogen-bond donors (Lipinski definition) is 0. The van der Waals surface area contributed by atoms with Gasteiger partial charge in [-0.1, -0.05) is 110 Å². The molecule has 0 unspecified atom stereocenters. The summed E-state index contributed by atoms with van der Waals surface area (Å²) < 4.78 is 26.7. The predicted octanol–water partition coefficient (Wildman–Crippen LogP) is 6.61. The smallest absolute Gasteiger partial charge is 0.267 e. The van der Waals surface area contributed by atoms with E-state index in [1.54, 1.807) is 0 Å². The first-order valence-corrected chi connectivity index (χ1v) is 12.0. The second-order valence-corrected chi connectivity index (χ2v) is 8.94. The van der Waals surface area contributed by atoms with Crippen molar-refractivity contribution in [2.45, 2.75) is 116 Å². The summed E-state index contributed by atoms with van der Waals surface area (Å²) in [5.74, 6) is 0.169. The van der Waals surface area contributed by atoms with Gasteiger partial charge in [0.25, 0.3) is 10.1 Å². The molecule has 0 fully saturated rings. The second kappa shape index (κ2) is 17.7. The predicted molar refractivity (Wildman–Crippen MR) is 105 cm³/mol. The molecular weight excluding hydrogens is 320 g/mol. The Kier molecular flexibility index (Phi) is 17.7. The van der Waals surface area contributed by atoms with E-state index in [9.17, 15) is 8.42 Å². The maximum absolute atomic E-state index is 11.1. The third-order valence-electron chi connectivity index (χ3n) is 4.75. The highest BCUT2D eigenvalue weighted by Gasteiger charge is 2.06. The summed E-state index contributed by atoms with van der Waals surface area (Å²) in [6.45, 7) is 2.27. The van der Waals surface area contributed by atoms with Gasteiger partial charge in [0.2, 0.25) is 0 Å². The first-order chi connectivity index (χ1) is 11.6. The molecule has 0 rings (SSSR count). The molecule has 24 heavy (non-hydrogen) atoms. The van der Waals surface area contributed by atoms with Gasteiger partial charge in [0, 0.05) is 0 Å². The van der Waals surface area contributed by atoms with Crippen LogP contribution in [0.4, 0.5) is 0 Å². The average Bonchev–Trinajstić information content (AvgIpc) is 2.57. The van der Waals surface area contributed by atoms with E-state index in [1.165, 1.54) is 97.0 Å². The van der Waals surface area contributed by atoms with Crippen molar-refractivity contribution in [1.29, 1.82) is 0 Å². The Morgan fingerprint density at radius 3 is 1.12 bits per heavy atom. The van der Waals surface area contributed by atoms with E-state index in [-0.39, 0.29) is 5.75 Å². The molecule has 0 aliphatic carbocycles. The van der Waals surface area contributed by atoms with Crippen molar-refractivity contribution < 1.29 is 12.6 Å². The molecule has 0 atom stereocenters. The highest BCUT2D eigenvalue weighted by atomic mass is 32.2. The summed E-state index contributed by atoms with van der Waals surface area (Å²) in [4.78, 5) is 0. The fourth-order valence-corrected chi connectivity index (χ4v) is 3.81. The molecule has 0 aromatic heterocycles. The monoisotopic (exact) mass is 362 g/mol. The Labute approximate surface area is 152 Å². The zero-order valence-corrected chi connectivity index (χ0v) is 17.2. The van der Waals surface area contributed by atoms with E-state index in [1.807, 2.05) is 0 Å². The minimum absolute atomic E-state index is 0.169. The third-order valence-corrected chi connectivity index (χ3v) is 6.05. The van der Waals surface area contributed by atoms with Crippen LogP contribution in [-0.2, 0) is 14.3 Å². The van der Waals surface area contributed by atoms with Gasteiger partial charge in [0.15, 0.2) is 0 Å². The average molecular weight is 363 g/mol. The van der Waals surface area contributed by atoms with Crippen molar-refractivity contribution in [2.24, 2.45) is 0 Å². The first kappa shape index (κ1) is 23.9. The summed E-state index contributed by atoms with van der Waals surface area (Å²) >= 11 is 0. The molecule has 0 aromatic carbocycles. The van der Waals surface area contributed by atoms with Gasteiger partial charge < -0.3 is 0 Å². The number of hydrogen-bond acceptors (Lipinski definition) is 3. The van der Waals surface area contributed by atoms with Gasteiger partial charge in [-0.2, -0.15) is 8.42 Å². The fraction of sp³-hybridized carbons (Fsp3) is 1.00. The van der Waals surface area contributed by atoms with Crippen molar-refractivity contribution in [3.63, 3.8) is 0 Å². The normalized spacial score (nSPS) is 11.9. The molecule has 0 aliphatic heterocycles. The molecule has 0 aromatic rings. The molecule has 3 nitrogen and oxygen atoms in total. The highest BCUT2D eigenvalue weighted by Crippen LogP contribution is 2.14. The molecule has 146 valence electrons. The first-order valence-electron chi connectivity index (χ1n) is 10.4. The fourth-order valence-electron chi connectivity index (χ4n) is 3.09. The molecule has 0 spiro atoms. The van der Waals surface area contributed by atoms with E-state index in [4.69, 9.17) is 0 Å². The number of unbranched alkanes of at least 4 members (excludes halogenated alkanes) is 16. The Morgan fingerprint density at radius 1 is 0.542 bits per heavy atom. The summed E-state index contributed by atoms with van der Waals surface area (Å²) in [6, 6.07) is 0. The zero-order chi connectivity index (χ0) is 17.9. The molecule has 0 aliphatic rings. The molecule has 0 saturated carbocycles. The van der Waals surface area contributed by atoms with Gasteiger partial charge in [0.05, 0.1) is 12.9 Å². The van der Waals surface area contributed by atoms with Crippen molar-refractivity contribution in [1.82, 2.24) is 0 Å². The van der Waals surface area contributed by atoms with Crippen molar-refractivity contribution in [2.75, 3.05) is 12.9 Å². The molecular formula is C20H42O3S. The summed E-state index contributed by atoms with van der Waals surface area (Å²) in [5.41, 5.74) is 0. The zero-order valence-electron chi connectivity index (χ0n) is 16.4.